The molecule has 0 aromatic heterocycles. The van der Waals surface area contributed by atoms with Crippen molar-refractivity contribution in [2.45, 2.75) is 33.3 Å². The third kappa shape index (κ3) is 6.05. The van der Waals surface area contributed by atoms with E-state index in [9.17, 15) is 4.79 Å². The zero-order valence-corrected chi connectivity index (χ0v) is 13.5. The molecular formula is C15H20N6O2. The van der Waals surface area contributed by atoms with Crippen molar-refractivity contribution in [3.63, 3.8) is 0 Å². The van der Waals surface area contributed by atoms with Crippen LogP contribution >= 0.6 is 0 Å². The summed E-state index contributed by atoms with van der Waals surface area (Å²) in [6, 6.07) is 6.78. The fourth-order valence-corrected chi connectivity index (χ4v) is 1.55. The molecule has 1 aromatic rings. The number of aryl methyl sites for hydroxylation is 1. The first-order chi connectivity index (χ1) is 10.6. The van der Waals surface area contributed by atoms with Crippen LogP contribution in [0.25, 0.3) is 0 Å². The molecule has 23 heavy (non-hydrogen) atoms. The second kappa shape index (κ2) is 7.26. The van der Waals surface area contributed by atoms with Crippen molar-refractivity contribution in [3.8, 4) is 6.07 Å². The van der Waals surface area contributed by atoms with Crippen molar-refractivity contribution in [2.24, 2.45) is 10.8 Å². The lowest BCUT2D eigenvalue weighted by molar-refractivity contribution is 0.0636. The molecule has 0 radical (unpaired) electrons. The van der Waals surface area contributed by atoms with Gasteiger partial charge < -0.3 is 10.5 Å². The fourth-order valence-electron chi connectivity index (χ4n) is 1.55. The van der Waals surface area contributed by atoms with Gasteiger partial charge in [-0.3, -0.25) is 16.2 Å². The van der Waals surface area contributed by atoms with Crippen LogP contribution in [0.4, 0.5) is 16.2 Å². The molecule has 0 aliphatic carbocycles. The van der Waals surface area contributed by atoms with Crippen LogP contribution in [0.15, 0.2) is 23.3 Å². The zero-order chi connectivity index (χ0) is 17.6. The summed E-state index contributed by atoms with van der Waals surface area (Å²) in [5.74, 6) is -0.417. The van der Waals surface area contributed by atoms with E-state index in [2.05, 4.69) is 15.8 Å². The summed E-state index contributed by atoms with van der Waals surface area (Å²) in [5, 5.41) is 22.3. The maximum absolute atomic E-state index is 11.7. The minimum atomic E-state index is -0.575. The lowest BCUT2D eigenvalue weighted by atomic mass is 10.2. The molecule has 0 fully saturated rings. The number of hydrogen-bond donors (Lipinski definition) is 4. The van der Waals surface area contributed by atoms with Crippen LogP contribution in [-0.2, 0) is 4.74 Å². The summed E-state index contributed by atoms with van der Waals surface area (Å²) >= 11 is 0. The minimum absolute atomic E-state index is 0.210. The molecule has 0 saturated heterocycles. The molecule has 0 unspecified atom stereocenters. The highest BCUT2D eigenvalue weighted by molar-refractivity contribution is 6.45. The molecule has 0 spiro atoms. The van der Waals surface area contributed by atoms with E-state index in [0.717, 1.165) is 5.56 Å². The van der Waals surface area contributed by atoms with E-state index in [4.69, 9.17) is 21.1 Å². The Hall–Kier alpha value is -3.08. The van der Waals surface area contributed by atoms with Crippen molar-refractivity contribution < 1.29 is 9.53 Å². The van der Waals surface area contributed by atoms with Crippen LogP contribution in [0.5, 0.6) is 0 Å². The monoisotopic (exact) mass is 316 g/mol. The van der Waals surface area contributed by atoms with Gasteiger partial charge in [0.25, 0.3) is 0 Å². The van der Waals surface area contributed by atoms with Crippen molar-refractivity contribution in [3.05, 3.63) is 23.8 Å². The largest absolute Gasteiger partial charge is 0.444 e. The smallest absolute Gasteiger partial charge is 0.412 e. The SMILES string of the molecule is Cc1cc(N/N=C(\C#N)C(=N)N)ccc1NC(=O)OC(C)(C)C. The summed E-state index contributed by atoms with van der Waals surface area (Å²) in [7, 11) is 0. The molecular weight excluding hydrogens is 296 g/mol. The van der Waals surface area contributed by atoms with E-state index in [1.807, 2.05) is 0 Å². The number of nitrogens with two attached hydrogens (primary N) is 1. The van der Waals surface area contributed by atoms with Crippen molar-refractivity contribution in [1.82, 2.24) is 0 Å². The summed E-state index contributed by atoms with van der Waals surface area (Å²) in [4.78, 5) is 11.7. The summed E-state index contributed by atoms with van der Waals surface area (Å²) in [5.41, 5.74) is 9.01. The van der Waals surface area contributed by atoms with E-state index < -0.39 is 17.5 Å². The van der Waals surface area contributed by atoms with Gasteiger partial charge in [-0.25, -0.2) is 4.79 Å². The summed E-state index contributed by atoms with van der Waals surface area (Å²) in [6.45, 7) is 7.16. The lowest BCUT2D eigenvalue weighted by Crippen LogP contribution is -2.27. The Morgan fingerprint density at radius 2 is 2.09 bits per heavy atom. The molecule has 5 N–H and O–H groups in total. The van der Waals surface area contributed by atoms with Gasteiger partial charge in [-0.2, -0.15) is 10.4 Å². The molecule has 8 heteroatoms. The highest BCUT2D eigenvalue weighted by atomic mass is 16.6. The van der Waals surface area contributed by atoms with Crippen molar-refractivity contribution >= 4 is 29.0 Å². The third-order valence-corrected chi connectivity index (χ3v) is 2.52. The Morgan fingerprint density at radius 3 is 2.57 bits per heavy atom. The molecule has 0 heterocycles. The highest BCUT2D eigenvalue weighted by Crippen LogP contribution is 2.20. The van der Waals surface area contributed by atoms with Crippen LogP contribution in [0.2, 0.25) is 0 Å². The standard InChI is InChI=1S/C15H20N6O2/c1-9-7-10(20-21-12(8-16)13(17)18)5-6-11(9)19-14(22)23-15(2,3)4/h5-7,20H,1-4H3,(H3,17,18)(H,19,22)/b21-12+. The van der Waals surface area contributed by atoms with Gasteiger partial charge in [-0.05, 0) is 51.5 Å². The quantitative estimate of drug-likeness (QED) is 0.384. The van der Waals surface area contributed by atoms with E-state index in [1.54, 1.807) is 52.0 Å². The number of nitrogens with zero attached hydrogens (tertiary/aromatic N) is 2. The van der Waals surface area contributed by atoms with Gasteiger partial charge in [0.2, 0.25) is 5.71 Å². The number of hydrogen-bond acceptors (Lipinski definition) is 6. The first-order valence-electron chi connectivity index (χ1n) is 6.81. The van der Waals surface area contributed by atoms with Crippen LogP contribution in [0.3, 0.4) is 0 Å². The lowest BCUT2D eigenvalue weighted by Gasteiger charge is -2.20. The predicted octanol–water partition coefficient (Wildman–Crippen LogP) is 2.57. The Morgan fingerprint density at radius 1 is 1.43 bits per heavy atom. The first-order valence-corrected chi connectivity index (χ1v) is 6.81. The van der Waals surface area contributed by atoms with Crippen LogP contribution in [0, 0.1) is 23.7 Å². The second-order valence-electron chi connectivity index (χ2n) is 5.75. The maximum Gasteiger partial charge on any atom is 0.412 e. The highest BCUT2D eigenvalue weighted by Gasteiger charge is 2.16. The van der Waals surface area contributed by atoms with Gasteiger partial charge >= 0.3 is 6.09 Å². The number of hydrazone groups is 1. The molecule has 0 atom stereocenters. The number of benzene rings is 1. The van der Waals surface area contributed by atoms with Gasteiger partial charge in [-0.15, -0.1) is 0 Å². The van der Waals surface area contributed by atoms with Gasteiger partial charge in [0, 0.05) is 5.69 Å². The molecule has 0 saturated carbocycles. The number of ether oxygens (including phenoxy) is 1. The maximum atomic E-state index is 11.7. The van der Waals surface area contributed by atoms with Gasteiger partial charge in [0.15, 0.2) is 5.84 Å². The molecule has 0 bridgehead atoms. The van der Waals surface area contributed by atoms with Crippen molar-refractivity contribution in [2.75, 3.05) is 10.7 Å². The number of nitrogens with one attached hydrogen (secondary N) is 3. The average Bonchev–Trinajstić information content (AvgIpc) is 2.40. The molecule has 0 aliphatic rings. The number of carbonyl (C=O) groups excluding carboxylic acids is 1. The van der Waals surface area contributed by atoms with E-state index in [-0.39, 0.29) is 5.71 Å². The zero-order valence-electron chi connectivity index (χ0n) is 13.5. The second-order valence-corrected chi connectivity index (χ2v) is 5.75. The number of amidine groups is 1. The molecule has 1 rings (SSSR count). The molecule has 1 amide bonds. The average molecular weight is 316 g/mol. The van der Waals surface area contributed by atoms with E-state index in [0.29, 0.717) is 11.4 Å². The van der Waals surface area contributed by atoms with Crippen LogP contribution < -0.4 is 16.5 Å². The summed E-state index contributed by atoms with van der Waals surface area (Å²) in [6.07, 6.45) is -0.539. The Labute approximate surface area is 134 Å². The predicted molar refractivity (Wildman–Crippen MR) is 89.6 cm³/mol. The number of amides is 1. The third-order valence-electron chi connectivity index (χ3n) is 2.52. The first kappa shape index (κ1) is 18.0. The normalized spacial score (nSPS) is 11.3. The van der Waals surface area contributed by atoms with Gasteiger partial charge in [0.05, 0.1) is 5.69 Å². The molecule has 1 aromatic carbocycles. The Bertz CT molecular complexity index is 682. The number of rotatable bonds is 4. The Kier molecular flexibility index (Phi) is 5.68. The van der Waals surface area contributed by atoms with Crippen LogP contribution in [0.1, 0.15) is 26.3 Å². The molecule has 0 aliphatic heterocycles. The van der Waals surface area contributed by atoms with E-state index in [1.165, 1.54) is 0 Å². The molecule has 122 valence electrons. The number of carbonyl (C=O) groups is 1. The summed E-state index contributed by atoms with van der Waals surface area (Å²) < 4.78 is 5.19. The van der Waals surface area contributed by atoms with Crippen LogP contribution in [-0.4, -0.2) is 23.2 Å². The number of nitriles is 1. The van der Waals surface area contributed by atoms with E-state index >= 15 is 0 Å². The minimum Gasteiger partial charge on any atom is -0.444 e. The Balaban J connectivity index is 2.81. The molecule has 8 nitrogen and oxygen atoms in total. The fraction of sp³-hybridized carbons (Fsp3) is 0.333. The van der Waals surface area contributed by atoms with Gasteiger partial charge in [-0.1, -0.05) is 0 Å². The topological polar surface area (TPSA) is 136 Å². The number of anilines is 2. The van der Waals surface area contributed by atoms with Gasteiger partial charge in [0.1, 0.15) is 11.7 Å². The van der Waals surface area contributed by atoms with Crippen molar-refractivity contribution in [1.29, 1.82) is 10.7 Å².